The Labute approximate surface area is 191 Å². The number of carbonyl (C=O) groups is 1. The minimum atomic E-state index is -4.48. The van der Waals surface area contributed by atoms with Gasteiger partial charge in [0.2, 0.25) is 0 Å². The number of benzene rings is 1. The average molecular weight is 473 g/mol. The van der Waals surface area contributed by atoms with Gasteiger partial charge in [-0.3, -0.25) is 4.79 Å². The minimum Gasteiger partial charge on any atom is -0.491 e. The number of hydrogen-bond acceptors (Lipinski definition) is 6. The maximum atomic E-state index is 12.8. The third-order valence-electron chi connectivity index (χ3n) is 5.61. The van der Waals surface area contributed by atoms with Crippen molar-refractivity contribution in [2.45, 2.75) is 56.6 Å². The molecule has 0 heterocycles. The van der Waals surface area contributed by atoms with E-state index in [0.29, 0.717) is 25.7 Å². The molecule has 1 aliphatic rings. The van der Waals surface area contributed by atoms with Crippen molar-refractivity contribution >= 4 is 5.97 Å². The molecule has 0 amide bonds. The van der Waals surface area contributed by atoms with Crippen molar-refractivity contribution in [1.29, 1.82) is 0 Å². The molecule has 0 bridgehead atoms. The van der Waals surface area contributed by atoms with E-state index in [9.17, 15) is 33.3 Å². The monoisotopic (exact) mass is 472 g/mol. The fourth-order valence-corrected chi connectivity index (χ4v) is 3.80. The van der Waals surface area contributed by atoms with Gasteiger partial charge in [-0.25, -0.2) is 0 Å². The number of aliphatic hydroxyl groups is 3. The zero-order valence-electron chi connectivity index (χ0n) is 18.4. The summed E-state index contributed by atoms with van der Waals surface area (Å²) >= 11 is 0. The van der Waals surface area contributed by atoms with Crippen molar-refractivity contribution in [3.63, 3.8) is 0 Å². The Hall–Kier alpha value is -2.36. The van der Waals surface area contributed by atoms with E-state index in [0.717, 1.165) is 12.1 Å². The first-order chi connectivity index (χ1) is 15.6. The zero-order valence-corrected chi connectivity index (χ0v) is 18.4. The van der Waals surface area contributed by atoms with Crippen LogP contribution in [-0.4, -0.2) is 53.3 Å². The number of esters is 1. The van der Waals surface area contributed by atoms with Crippen LogP contribution in [0.5, 0.6) is 5.75 Å². The Morgan fingerprint density at radius 3 is 2.70 bits per heavy atom. The number of alkyl halides is 3. The van der Waals surface area contributed by atoms with Gasteiger partial charge in [-0.05, 0) is 43.4 Å². The summed E-state index contributed by atoms with van der Waals surface area (Å²) in [7, 11) is 1.34. The Morgan fingerprint density at radius 2 is 2.00 bits per heavy atom. The summed E-state index contributed by atoms with van der Waals surface area (Å²) in [6.45, 7) is -0.256. The van der Waals surface area contributed by atoms with Crippen molar-refractivity contribution < 1.29 is 42.8 Å². The van der Waals surface area contributed by atoms with Gasteiger partial charge >= 0.3 is 12.1 Å². The molecule has 33 heavy (non-hydrogen) atoms. The van der Waals surface area contributed by atoms with Crippen molar-refractivity contribution in [3.8, 4) is 5.75 Å². The van der Waals surface area contributed by atoms with Crippen LogP contribution in [0.15, 0.2) is 48.6 Å². The first-order valence-electron chi connectivity index (χ1n) is 10.9. The lowest BCUT2D eigenvalue weighted by atomic mass is 9.89. The third kappa shape index (κ3) is 8.83. The zero-order chi connectivity index (χ0) is 24.4. The second-order valence-corrected chi connectivity index (χ2v) is 8.08. The highest BCUT2D eigenvalue weighted by molar-refractivity contribution is 5.69. The number of ether oxygens (including phenoxy) is 2. The van der Waals surface area contributed by atoms with E-state index in [1.165, 1.54) is 25.3 Å². The van der Waals surface area contributed by atoms with Crippen LogP contribution in [0.25, 0.3) is 0 Å². The molecule has 9 heteroatoms. The van der Waals surface area contributed by atoms with E-state index in [4.69, 9.17) is 4.74 Å². The largest absolute Gasteiger partial charge is 0.491 e. The molecule has 184 valence electrons. The molecule has 1 saturated carbocycles. The van der Waals surface area contributed by atoms with Crippen molar-refractivity contribution in [1.82, 2.24) is 0 Å². The van der Waals surface area contributed by atoms with Crippen LogP contribution in [-0.2, 0) is 15.7 Å². The van der Waals surface area contributed by atoms with E-state index in [-0.39, 0.29) is 36.6 Å². The number of rotatable bonds is 11. The average Bonchev–Trinajstić information content (AvgIpc) is 3.04. The first kappa shape index (κ1) is 26.9. The maximum Gasteiger partial charge on any atom is 0.416 e. The second kappa shape index (κ2) is 12.8. The molecule has 1 aliphatic carbocycles. The van der Waals surface area contributed by atoms with Gasteiger partial charge in [0.1, 0.15) is 18.5 Å². The lowest BCUT2D eigenvalue weighted by Gasteiger charge is -2.19. The van der Waals surface area contributed by atoms with E-state index < -0.39 is 30.1 Å². The minimum absolute atomic E-state index is 0.0104. The van der Waals surface area contributed by atoms with Crippen LogP contribution in [0.4, 0.5) is 13.2 Å². The van der Waals surface area contributed by atoms with Crippen LogP contribution >= 0.6 is 0 Å². The molecule has 0 aliphatic heterocycles. The number of carbonyl (C=O) groups excluding carboxylic acids is 1. The van der Waals surface area contributed by atoms with E-state index in [2.05, 4.69) is 4.74 Å². The molecule has 5 atom stereocenters. The number of hydrogen-bond donors (Lipinski definition) is 3. The molecule has 0 saturated heterocycles. The number of methoxy groups -OCH3 is 1. The van der Waals surface area contributed by atoms with Crippen LogP contribution in [0.2, 0.25) is 0 Å². The fourth-order valence-electron chi connectivity index (χ4n) is 3.80. The molecular weight excluding hydrogens is 441 g/mol. The molecule has 3 N–H and O–H groups in total. The summed E-state index contributed by atoms with van der Waals surface area (Å²) in [6, 6.07) is 4.39. The molecule has 0 aromatic heterocycles. The Balaban J connectivity index is 1.86. The van der Waals surface area contributed by atoms with Crippen molar-refractivity contribution in [2.75, 3.05) is 13.7 Å². The number of aliphatic hydroxyl groups excluding tert-OH is 3. The molecule has 4 unspecified atom stereocenters. The van der Waals surface area contributed by atoms with Gasteiger partial charge in [0, 0.05) is 18.8 Å². The molecule has 1 aromatic carbocycles. The lowest BCUT2D eigenvalue weighted by molar-refractivity contribution is -0.140. The number of allylic oxidation sites excluding steroid dienone is 2. The molecule has 6 nitrogen and oxygen atoms in total. The molecular formula is C24H31F3O6. The predicted octanol–water partition coefficient (Wildman–Crippen LogP) is 3.65. The van der Waals surface area contributed by atoms with Crippen LogP contribution in [0, 0.1) is 11.8 Å². The number of unbranched alkanes of at least 4 members (excludes halogenated alkanes) is 1. The van der Waals surface area contributed by atoms with Gasteiger partial charge in [-0.2, -0.15) is 13.2 Å². The lowest BCUT2D eigenvalue weighted by Crippen LogP contribution is -2.21. The third-order valence-corrected chi connectivity index (χ3v) is 5.61. The van der Waals surface area contributed by atoms with Crippen LogP contribution in [0.1, 0.15) is 37.7 Å². The van der Waals surface area contributed by atoms with Crippen molar-refractivity contribution in [2.24, 2.45) is 11.8 Å². The Bertz CT molecular complexity index is 808. The summed E-state index contributed by atoms with van der Waals surface area (Å²) in [5.41, 5.74) is -0.839. The van der Waals surface area contributed by atoms with Gasteiger partial charge in [-0.15, -0.1) is 0 Å². The maximum absolute atomic E-state index is 12.8. The quantitative estimate of drug-likeness (QED) is 0.259. The molecule has 0 spiro atoms. The highest BCUT2D eigenvalue weighted by atomic mass is 19.4. The van der Waals surface area contributed by atoms with Crippen molar-refractivity contribution in [3.05, 3.63) is 54.1 Å². The number of halogens is 3. The van der Waals surface area contributed by atoms with Gasteiger partial charge in [0.25, 0.3) is 0 Å². The molecule has 1 aromatic rings. The summed E-state index contributed by atoms with van der Waals surface area (Å²) in [6.07, 6.45) is 2.21. The van der Waals surface area contributed by atoms with Gasteiger partial charge in [0.15, 0.2) is 0 Å². The van der Waals surface area contributed by atoms with Crippen LogP contribution in [0.3, 0.4) is 0 Å². The second-order valence-electron chi connectivity index (χ2n) is 8.08. The van der Waals surface area contributed by atoms with E-state index >= 15 is 0 Å². The highest BCUT2D eigenvalue weighted by Crippen LogP contribution is 2.36. The Morgan fingerprint density at radius 1 is 1.24 bits per heavy atom. The summed E-state index contributed by atoms with van der Waals surface area (Å²) in [5.74, 6) is -0.907. The summed E-state index contributed by atoms with van der Waals surface area (Å²) in [4.78, 5) is 11.1. The van der Waals surface area contributed by atoms with Crippen LogP contribution < -0.4 is 4.74 Å². The Kier molecular flexibility index (Phi) is 10.4. The van der Waals surface area contributed by atoms with Gasteiger partial charge < -0.3 is 24.8 Å². The topological polar surface area (TPSA) is 96.2 Å². The van der Waals surface area contributed by atoms with Gasteiger partial charge in [0.05, 0.1) is 24.9 Å². The smallest absolute Gasteiger partial charge is 0.416 e. The molecule has 2 rings (SSSR count). The molecule has 0 radical (unpaired) electrons. The highest BCUT2D eigenvalue weighted by Gasteiger charge is 2.39. The fraction of sp³-hybridized carbons (Fsp3) is 0.542. The standard InChI is InChI=1S/C24H31F3O6/c1-32-23(31)10-5-3-2-4-9-19-20(22(30)14-21(19)29)12-11-17(28)15-33-18-8-6-7-16(13-18)24(25,26)27/h2,4,6-8,11-13,17,19-22,28-30H,3,5,9-10,14-15H2,1H3/b4-2-,12-11+/t17?,19?,20-,21?,22?/m1/s1. The van der Waals surface area contributed by atoms with Gasteiger partial charge in [-0.1, -0.05) is 30.4 Å². The van der Waals surface area contributed by atoms with E-state index in [1.54, 1.807) is 6.08 Å². The first-order valence-corrected chi connectivity index (χ1v) is 10.9. The normalized spacial score (nSPS) is 24.5. The molecule has 1 fully saturated rings. The van der Waals surface area contributed by atoms with E-state index in [1.807, 2.05) is 12.2 Å². The summed E-state index contributed by atoms with van der Waals surface area (Å²) in [5, 5.41) is 30.7. The summed E-state index contributed by atoms with van der Waals surface area (Å²) < 4.78 is 48.2. The predicted molar refractivity (Wildman–Crippen MR) is 115 cm³/mol. The SMILES string of the molecule is COC(=O)CCC/C=C\CC1C(O)CC(O)[C@@H]1/C=C/C(O)COc1cccc(C(F)(F)F)c1.